The van der Waals surface area contributed by atoms with Crippen molar-refractivity contribution in [2.45, 2.75) is 103 Å². The maximum atomic E-state index is 13.2. The number of aliphatic imine (C=N–C) groups is 1. The second-order valence-electron chi connectivity index (χ2n) is 11.6. The van der Waals surface area contributed by atoms with Gasteiger partial charge in [0.1, 0.15) is 11.4 Å². The van der Waals surface area contributed by atoms with E-state index in [1.807, 2.05) is 48.5 Å². The molecule has 8 nitrogen and oxygen atoms in total. The molecule has 0 aromatic heterocycles. The quantitative estimate of drug-likeness (QED) is 0.237. The highest BCUT2D eigenvalue weighted by molar-refractivity contribution is 5.89. The van der Waals surface area contributed by atoms with E-state index in [2.05, 4.69) is 22.1 Å². The maximum Gasteiger partial charge on any atom is 0.239 e. The van der Waals surface area contributed by atoms with Gasteiger partial charge >= 0.3 is 0 Å². The average Bonchev–Trinajstić information content (AvgIpc) is 3.01. The molecule has 228 valence electrons. The molecule has 0 atom stereocenters. The van der Waals surface area contributed by atoms with E-state index in [4.69, 9.17) is 10.5 Å². The minimum absolute atomic E-state index is 0.106. The number of carbonyl (C=O) groups excluding carboxylic acids is 2. The van der Waals surface area contributed by atoms with Gasteiger partial charge in [0.15, 0.2) is 5.96 Å². The summed E-state index contributed by atoms with van der Waals surface area (Å²) in [6.45, 7) is 4.75. The lowest BCUT2D eigenvalue weighted by Gasteiger charge is -2.34. The number of carbonyl (C=O) groups is 2. The largest absolute Gasteiger partial charge is 0.491 e. The third kappa shape index (κ3) is 9.50. The lowest BCUT2D eigenvalue weighted by molar-refractivity contribution is -0.134. The molecule has 1 fully saturated rings. The molecule has 0 radical (unpaired) electrons. The van der Waals surface area contributed by atoms with Gasteiger partial charge in [-0.05, 0) is 43.7 Å². The Labute approximate surface area is 251 Å². The van der Waals surface area contributed by atoms with Gasteiger partial charge in [-0.3, -0.25) is 9.59 Å². The van der Waals surface area contributed by atoms with E-state index in [9.17, 15) is 9.59 Å². The number of fused-ring (bicyclic) bond motifs is 1. The van der Waals surface area contributed by atoms with E-state index in [1.165, 1.54) is 38.5 Å². The van der Waals surface area contributed by atoms with E-state index in [0.717, 1.165) is 55.5 Å². The van der Waals surface area contributed by atoms with Crippen molar-refractivity contribution in [1.29, 1.82) is 0 Å². The van der Waals surface area contributed by atoms with Crippen molar-refractivity contribution in [2.75, 3.05) is 19.7 Å². The fourth-order valence-electron chi connectivity index (χ4n) is 5.89. The zero-order valence-corrected chi connectivity index (χ0v) is 25.4. The fraction of sp³-hybridized carbons (Fsp3) is 0.559. The Kier molecular flexibility index (Phi) is 12.5. The van der Waals surface area contributed by atoms with Crippen molar-refractivity contribution in [3.63, 3.8) is 0 Å². The molecule has 0 spiro atoms. The number of nitrogens with one attached hydrogen (secondary N) is 1. The molecular weight excluding hydrogens is 526 g/mol. The summed E-state index contributed by atoms with van der Waals surface area (Å²) < 4.78 is 6.12. The van der Waals surface area contributed by atoms with Crippen LogP contribution >= 0.6 is 0 Å². The number of hydrogen-bond acceptors (Lipinski definition) is 6. The first-order valence-corrected chi connectivity index (χ1v) is 16.0. The smallest absolute Gasteiger partial charge is 0.239 e. The molecule has 1 aliphatic carbocycles. The molecule has 0 saturated heterocycles. The summed E-state index contributed by atoms with van der Waals surface area (Å²) in [7, 11) is 0. The van der Waals surface area contributed by atoms with Gasteiger partial charge in [-0.1, -0.05) is 87.9 Å². The van der Waals surface area contributed by atoms with Gasteiger partial charge in [0, 0.05) is 37.7 Å². The van der Waals surface area contributed by atoms with Crippen LogP contribution in [0.5, 0.6) is 5.75 Å². The van der Waals surface area contributed by atoms with E-state index < -0.39 is 0 Å². The Bertz CT molecular complexity index is 1160. The van der Waals surface area contributed by atoms with Crippen LogP contribution in [-0.2, 0) is 22.7 Å². The molecule has 2 aromatic carbocycles. The number of benzene rings is 2. The van der Waals surface area contributed by atoms with Gasteiger partial charge in [0.2, 0.25) is 11.8 Å². The average molecular weight is 576 g/mol. The molecule has 1 heterocycles. The SMILES string of the molecule is CCCCCCN(C(=O)CCCCOc1cccc2c1N=C(N)N(CC(=O)NCc1ccccc1)C2)C1CCCCC1. The number of amides is 2. The fourth-order valence-corrected chi connectivity index (χ4v) is 5.89. The number of guanidine groups is 1. The van der Waals surface area contributed by atoms with Gasteiger partial charge < -0.3 is 25.6 Å². The van der Waals surface area contributed by atoms with E-state index in [-0.39, 0.29) is 12.5 Å². The topological polar surface area (TPSA) is 100 Å². The van der Waals surface area contributed by atoms with Crippen molar-refractivity contribution in [3.8, 4) is 5.75 Å². The third-order valence-electron chi connectivity index (χ3n) is 8.29. The van der Waals surface area contributed by atoms with Crippen LogP contribution in [0.1, 0.15) is 95.1 Å². The molecule has 2 amide bonds. The monoisotopic (exact) mass is 575 g/mol. The molecule has 2 aromatic rings. The zero-order chi connectivity index (χ0) is 29.6. The molecule has 2 aliphatic rings. The Morgan fingerprint density at radius 3 is 2.60 bits per heavy atom. The van der Waals surface area contributed by atoms with Crippen molar-refractivity contribution in [2.24, 2.45) is 10.7 Å². The minimum Gasteiger partial charge on any atom is -0.491 e. The highest BCUT2D eigenvalue weighted by Gasteiger charge is 2.25. The lowest BCUT2D eigenvalue weighted by Crippen LogP contribution is -2.44. The maximum absolute atomic E-state index is 13.2. The molecule has 4 rings (SSSR count). The predicted molar refractivity (Wildman–Crippen MR) is 168 cm³/mol. The summed E-state index contributed by atoms with van der Waals surface area (Å²) in [6.07, 6.45) is 13.0. The minimum atomic E-state index is -0.106. The first-order valence-electron chi connectivity index (χ1n) is 16.0. The van der Waals surface area contributed by atoms with Gasteiger partial charge in [0.25, 0.3) is 0 Å². The number of nitrogens with zero attached hydrogens (tertiary/aromatic N) is 3. The summed E-state index contributed by atoms with van der Waals surface area (Å²) in [6, 6.07) is 16.1. The van der Waals surface area contributed by atoms with Crippen LogP contribution in [0.25, 0.3) is 0 Å². The highest BCUT2D eigenvalue weighted by atomic mass is 16.5. The lowest BCUT2D eigenvalue weighted by atomic mass is 9.93. The Morgan fingerprint density at radius 2 is 1.81 bits per heavy atom. The first kappa shape index (κ1) is 31.4. The molecule has 1 aliphatic heterocycles. The number of unbranched alkanes of at least 4 members (excludes halogenated alkanes) is 4. The van der Waals surface area contributed by atoms with Crippen molar-refractivity contribution in [1.82, 2.24) is 15.1 Å². The van der Waals surface area contributed by atoms with E-state index >= 15 is 0 Å². The Hall–Kier alpha value is -3.55. The van der Waals surface area contributed by atoms with Gasteiger partial charge in [-0.25, -0.2) is 4.99 Å². The van der Waals surface area contributed by atoms with Crippen LogP contribution in [0.2, 0.25) is 0 Å². The summed E-state index contributed by atoms with van der Waals surface area (Å²) in [5.74, 6) is 1.20. The Balaban J connectivity index is 1.22. The van der Waals surface area contributed by atoms with E-state index in [1.54, 1.807) is 4.90 Å². The zero-order valence-electron chi connectivity index (χ0n) is 25.4. The predicted octanol–water partition coefficient (Wildman–Crippen LogP) is 6.06. The third-order valence-corrected chi connectivity index (χ3v) is 8.29. The van der Waals surface area contributed by atoms with Gasteiger partial charge in [0.05, 0.1) is 13.2 Å². The van der Waals surface area contributed by atoms with Crippen LogP contribution in [0, 0.1) is 0 Å². The summed E-state index contributed by atoms with van der Waals surface area (Å²) in [4.78, 5) is 34.3. The van der Waals surface area contributed by atoms with Crippen LogP contribution < -0.4 is 15.8 Å². The van der Waals surface area contributed by atoms with Crippen molar-refractivity contribution < 1.29 is 14.3 Å². The van der Waals surface area contributed by atoms with Crippen molar-refractivity contribution in [3.05, 3.63) is 59.7 Å². The Morgan fingerprint density at radius 1 is 1.00 bits per heavy atom. The summed E-state index contributed by atoms with van der Waals surface area (Å²) in [5.41, 5.74) is 9.01. The molecule has 0 unspecified atom stereocenters. The molecule has 42 heavy (non-hydrogen) atoms. The second kappa shape index (κ2) is 16.8. The summed E-state index contributed by atoms with van der Waals surface area (Å²) in [5, 5.41) is 2.95. The normalized spacial score (nSPS) is 15.1. The number of nitrogens with two attached hydrogens (primary N) is 1. The number of para-hydroxylation sites is 1. The van der Waals surface area contributed by atoms with Crippen LogP contribution in [0.4, 0.5) is 5.69 Å². The van der Waals surface area contributed by atoms with Crippen molar-refractivity contribution >= 4 is 23.5 Å². The van der Waals surface area contributed by atoms with Gasteiger partial charge in [-0.2, -0.15) is 0 Å². The number of hydrogen-bond donors (Lipinski definition) is 2. The van der Waals surface area contributed by atoms with Crippen LogP contribution in [-0.4, -0.2) is 53.3 Å². The molecule has 8 heteroatoms. The standard InChI is InChI=1S/C34H49N5O3/c1-2-3-4-12-22-39(29-18-9-6-10-19-29)32(41)21-11-13-23-42-30-20-14-17-28-25-38(34(35)37-33(28)30)26-31(40)36-24-27-15-7-5-8-16-27/h5,7-8,14-17,20,29H,2-4,6,9-13,18-19,21-26H2,1H3,(H2,35,37)(H,36,40). The molecule has 3 N–H and O–H groups in total. The summed E-state index contributed by atoms with van der Waals surface area (Å²) >= 11 is 0. The number of rotatable bonds is 16. The van der Waals surface area contributed by atoms with Gasteiger partial charge in [-0.15, -0.1) is 0 Å². The molecule has 1 saturated carbocycles. The van der Waals surface area contributed by atoms with Crippen LogP contribution in [0.3, 0.4) is 0 Å². The van der Waals surface area contributed by atoms with Crippen LogP contribution in [0.15, 0.2) is 53.5 Å². The molecular formula is C34H49N5O3. The number of ether oxygens (including phenoxy) is 1. The second-order valence-corrected chi connectivity index (χ2v) is 11.6. The van der Waals surface area contributed by atoms with E-state index in [0.29, 0.717) is 49.8 Å². The molecule has 0 bridgehead atoms. The first-order chi connectivity index (χ1) is 20.5. The highest BCUT2D eigenvalue weighted by Crippen LogP contribution is 2.35.